The first-order valence-corrected chi connectivity index (χ1v) is 14.1. The van der Waals surface area contributed by atoms with E-state index >= 15 is 0 Å². The van der Waals surface area contributed by atoms with Crippen LogP contribution in [0.5, 0.6) is 0 Å². The Morgan fingerprint density at radius 2 is 1.47 bits per heavy atom. The average Bonchev–Trinajstić information content (AvgIpc) is 3.05. The van der Waals surface area contributed by atoms with Gasteiger partial charge in [-0.2, -0.15) is 0 Å². The van der Waals surface area contributed by atoms with Gasteiger partial charge in [0.15, 0.2) is 0 Å². The molecule has 3 heteroatoms. The maximum Gasteiger partial charge on any atom is 4.00 e. The van der Waals surface area contributed by atoms with Crippen molar-refractivity contribution in [2.45, 2.75) is 97.3 Å². The summed E-state index contributed by atoms with van der Waals surface area (Å²) in [6.07, 6.45) is 14.8. The van der Waals surface area contributed by atoms with Gasteiger partial charge in [0.1, 0.15) is 0 Å². The number of hydrogen-bond donors (Lipinski definition) is 0. The third kappa shape index (κ3) is 9.08. The maximum absolute atomic E-state index is 5.39. The zero-order chi connectivity index (χ0) is 19.5. The zero-order valence-corrected chi connectivity index (χ0v) is 24.7. The molecule has 0 saturated heterocycles. The molecule has 3 rings (SSSR count). The molecular formula is C27H53NSiTi. The van der Waals surface area contributed by atoms with Crippen LogP contribution in [0.1, 0.15) is 73.1 Å². The average molecular weight is 468 g/mol. The van der Waals surface area contributed by atoms with Crippen molar-refractivity contribution in [3.63, 3.8) is 0 Å². The predicted octanol–water partition coefficient (Wildman–Crippen LogP) is 9.31. The van der Waals surface area contributed by atoms with E-state index in [1.165, 1.54) is 19.3 Å². The first-order valence-electron chi connectivity index (χ1n) is 11.1. The SMILES string of the molecule is C=C/C=C/C.CC1CC2CC3CCCC3CC2C1[Si](C)(C)[N-]C(C)(C)C.[CH3-].[CH3-].[CH3-].[Ti+4]. The van der Waals surface area contributed by atoms with Gasteiger partial charge in [0.05, 0.1) is 0 Å². The van der Waals surface area contributed by atoms with Gasteiger partial charge in [0.2, 0.25) is 0 Å². The fourth-order valence-electron chi connectivity index (χ4n) is 6.89. The van der Waals surface area contributed by atoms with Crippen LogP contribution in [0.4, 0.5) is 0 Å². The van der Waals surface area contributed by atoms with Crippen LogP contribution in [-0.2, 0) is 21.7 Å². The molecule has 3 saturated carbocycles. The summed E-state index contributed by atoms with van der Waals surface area (Å²) in [6.45, 7) is 20.0. The Morgan fingerprint density at radius 1 is 0.933 bits per heavy atom. The Labute approximate surface area is 208 Å². The van der Waals surface area contributed by atoms with Crippen molar-refractivity contribution in [3.8, 4) is 0 Å². The molecule has 0 heterocycles. The molecule has 0 amide bonds. The summed E-state index contributed by atoms with van der Waals surface area (Å²) >= 11 is 0. The first-order chi connectivity index (χ1) is 12.1. The van der Waals surface area contributed by atoms with Crippen LogP contribution in [0.3, 0.4) is 0 Å². The van der Waals surface area contributed by atoms with Crippen molar-refractivity contribution in [3.05, 3.63) is 52.1 Å². The smallest absolute Gasteiger partial charge is 0.660 e. The van der Waals surface area contributed by atoms with Gasteiger partial charge in [-0.05, 0) is 55.8 Å². The van der Waals surface area contributed by atoms with E-state index in [0.29, 0.717) is 0 Å². The van der Waals surface area contributed by atoms with E-state index in [9.17, 15) is 0 Å². The predicted molar refractivity (Wildman–Crippen MR) is 139 cm³/mol. The Balaban J connectivity index is -0.000000733. The molecule has 174 valence electrons. The fourth-order valence-corrected chi connectivity index (χ4v) is 11.8. The third-order valence-electron chi connectivity index (χ3n) is 7.12. The summed E-state index contributed by atoms with van der Waals surface area (Å²) in [5.74, 6) is 5.17. The van der Waals surface area contributed by atoms with Crippen LogP contribution in [0.2, 0.25) is 18.6 Å². The normalized spacial score (nSPS) is 32.1. The van der Waals surface area contributed by atoms with Crippen LogP contribution < -0.4 is 0 Å². The number of fused-ring (bicyclic) bond motifs is 2. The second-order valence-corrected chi connectivity index (χ2v) is 15.0. The molecule has 30 heavy (non-hydrogen) atoms. The van der Waals surface area contributed by atoms with Crippen molar-refractivity contribution < 1.29 is 21.7 Å². The van der Waals surface area contributed by atoms with Gasteiger partial charge in [-0.3, -0.25) is 0 Å². The molecule has 0 aromatic heterocycles. The number of allylic oxidation sites excluding steroid dienone is 3. The molecule has 1 nitrogen and oxygen atoms in total. The summed E-state index contributed by atoms with van der Waals surface area (Å²) in [6, 6.07) is 0. The second-order valence-electron chi connectivity index (χ2n) is 10.8. The van der Waals surface area contributed by atoms with Gasteiger partial charge in [0, 0.05) is 0 Å². The molecule has 0 spiro atoms. The van der Waals surface area contributed by atoms with Crippen LogP contribution >= 0.6 is 0 Å². The van der Waals surface area contributed by atoms with Crippen molar-refractivity contribution >= 4 is 8.24 Å². The van der Waals surface area contributed by atoms with Crippen LogP contribution in [-0.4, -0.2) is 13.8 Å². The van der Waals surface area contributed by atoms with Crippen molar-refractivity contribution in [2.24, 2.45) is 29.6 Å². The molecule has 0 aliphatic heterocycles. The molecule has 0 aromatic carbocycles. The van der Waals surface area contributed by atoms with Crippen LogP contribution in [0.25, 0.3) is 4.98 Å². The van der Waals surface area contributed by atoms with Crippen LogP contribution in [0.15, 0.2) is 24.8 Å². The van der Waals surface area contributed by atoms with Crippen molar-refractivity contribution in [1.29, 1.82) is 0 Å². The van der Waals surface area contributed by atoms with E-state index in [0.717, 1.165) is 35.1 Å². The number of nitrogens with zero attached hydrogens (tertiary/aromatic N) is 1. The van der Waals surface area contributed by atoms with Gasteiger partial charge in [-0.25, -0.2) is 0 Å². The van der Waals surface area contributed by atoms with Crippen molar-refractivity contribution in [1.82, 2.24) is 0 Å². The topological polar surface area (TPSA) is 14.1 Å². The van der Waals surface area contributed by atoms with Crippen LogP contribution in [0, 0.1) is 51.9 Å². The van der Waals surface area contributed by atoms with E-state index in [4.69, 9.17) is 4.98 Å². The first kappa shape index (κ1) is 35.0. The van der Waals surface area contributed by atoms with Crippen molar-refractivity contribution in [2.75, 3.05) is 0 Å². The third-order valence-corrected chi connectivity index (χ3v) is 11.0. The molecular weight excluding hydrogens is 414 g/mol. The standard InChI is InChI=1S/C19H36NSi.C5H8.3CH3.Ti/c1-13-10-16-11-14-8-7-9-15(14)12-17(16)18(13)21(5,6)20-19(2,3)4;1-3-5-4-2;;;;/h13-18H,7-12H2,1-6H3;3-5H,1H2,2H3;3*1H3;/q-1;;3*-1;+4/b;5-4+;;;;. The van der Waals surface area contributed by atoms with Gasteiger partial charge in [-0.1, -0.05) is 98.6 Å². The molecule has 0 N–H and O–H groups in total. The largest absolute Gasteiger partial charge is 4.00 e. The maximum atomic E-state index is 5.39. The monoisotopic (exact) mass is 467 g/mol. The Hall–Kier alpha value is 0.371. The van der Waals surface area contributed by atoms with E-state index in [1.807, 2.05) is 19.1 Å². The quantitative estimate of drug-likeness (QED) is 0.223. The minimum absolute atomic E-state index is 0. The molecule has 0 aromatic rings. The summed E-state index contributed by atoms with van der Waals surface area (Å²) in [4.78, 5) is 5.39. The van der Waals surface area contributed by atoms with E-state index in [2.05, 4.69) is 47.4 Å². The minimum Gasteiger partial charge on any atom is -0.660 e. The Morgan fingerprint density at radius 3 is 1.90 bits per heavy atom. The molecule has 0 bridgehead atoms. The summed E-state index contributed by atoms with van der Waals surface area (Å²) in [5, 5.41) is 0. The molecule has 6 unspecified atom stereocenters. The summed E-state index contributed by atoms with van der Waals surface area (Å²) in [7, 11) is -1.50. The second kappa shape index (κ2) is 14.5. The molecule has 6 atom stereocenters. The van der Waals surface area contributed by atoms with Gasteiger partial charge in [-0.15, -0.1) is 5.54 Å². The van der Waals surface area contributed by atoms with E-state index < -0.39 is 8.24 Å². The van der Waals surface area contributed by atoms with E-state index in [1.54, 1.807) is 25.3 Å². The molecule has 3 fully saturated rings. The number of rotatable bonds is 3. The molecule has 0 radical (unpaired) electrons. The summed E-state index contributed by atoms with van der Waals surface area (Å²) < 4.78 is 0. The minimum atomic E-state index is -1.50. The van der Waals surface area contributed by atoms with E-state index in [-0.39, 0.29) is 49.5 Å². The molecule has 3 aliphatic carbocycles. The van der Waals surface area contributed by atoms with Gasteiger partial charge in [0.25, 0.3) is 0 Å². The van der Waals surface area contributed by atoms with Gasteiger partial charge >= 0.3 is 21.7 Å². The molecule has 3 aliphatic rings. The summed E-state index contributed by atoms with van der Waals surface area (Å²) in [5.41, 5.74) is 1.10. The van der Waals surface area contributed by atoms with Gasteiger partial charge < -0.3 is 27.3 Å². The number of hydrogen-bond acceptors (Lipinski definition) is 0. The Bertz CT molecular complexity index is 494. The fraction of sp³-hybridized carbons (Fsp3) is 0.741. The Kier molecular flexibility index (Phi) is 16.9. The zero-order valence-electron chi connectivity index (χ0n) is 22.1.